The monoisotopic (exact) mass is 224 g/mol. The van der Waals surface area contributed by atoms with Gasteiger partial charge in [0.25, 0.3) is 0 Å². The maximum Gasteiger partial charge on any atom is 0.160 e. The lowest BCUT2D eigenvalue weighted by Crippen LogP contribution is -2.02. The highest BCUT2D eigenvalue weighted by Gasteiger charge is 2.14. The van der Waals surface area contributed by atoms with Crippen LogP contribution in [-0.4, -0.2) is 14.9 Å². The van der Waals surface area contributed by atoms with Gasteiger partial charge in [0.1, 0.15) is 5.69 Å². The average Bonchev–Trinajstić information content (AvgIpc) is 2.60. The Balaban J connectivity index is 2.82. The Labute approximate surface area is 98.5 Å². The summed E-state index contributed by atoms with van der Waals surface area (Å²) in [5.41, 5.74) is 1.91. The first-order chi connectivity index (χ1) is 7.74. The quantitative estimate of drug-likeness (QED) is 0.771. The van der Waals surface area contributed by atoms with Crippen LogP contribution >= 0.6 is 0 Å². The lowest BCUT2D eigenvalue weighted by atomic mass is 10.1. The number of rotatable bonds is 7. The Bertz CT molecular complexity index is 318. The van der Waals surface area contributed by atoms with Crippen LogP contribution in [0.3, 0.4) is 0 Å². The molecule has 3 heteroatoms. The van der Waals surface area contributed by atoms with Gasteiger partial charge in [-0.05, 0) is 32.6 Å². The molecule has 0 bridgehead atoms. The second-order valence-electron chi connectivity index (χ2n) is 4.26. The van der Waals surface area contributed by atoms with E-state index in [1.807, 2.05) is 4.68 Å². The summed E-state index contributed by atoms with van der Waals surface area (Å²) >= 11 is 0. The summed E-state index contributed by atoms with van der Waals surface area (Å²) in [5.74, 6) is 0.448. The van der Waals surface area contributed by atoms with Gasteiger partial charge < -0.3 is 5.11 Å². The van der Waals surface area contributed by atoms with Crippen molar-refractivity contribution in [1.29, 1.82) is 0 Å². The van der Waals surface area contributed by atoms with Crippen LogP contribution in [0.2, 0.25) is 0 Å². The maximum absolute atomic E-state index is 10.1. The van der Waals surface area contributed by atoms with Gasteiger partial charge in [-0.3, -0.25) is 4.68 Å². The smallest absolute Gasteiger partial charge is 0.160 e. The van der Waals surface area contributed by atoms with E-state index in [1.165, 1.54) is 0 Å². The van der Waals surface area contributed by atoms with Crippen LogP contribution < -0.4 is 0 Å². The zero-order valence-corrected chi connectivity index (χ0v) is 10.8. The van der Waals surface area contributed by atoms with Gasteiger partial charge >= 0.3 is 0 Å². The zero-order chi connectivity index (χ0) is 12.0. The molecule has 1 rings (SSSR count). The highest BCUT2D eigenvalue weighted by molar-refractivity contribution is 5.32. The molecule has 0 radical (unpaired) electrons. The van der Waals surface area contributed by atoms with Gasteiger partial charge in [-0.2, -0.15) is 5.10 Å². The lowest BCUT2D eigenvalue weighted by molar-refractivity contribution is 0.456. The molecule has 0 aliphatic rings. The Kier molecular flexibility index (Phi) is 5.36. The molecule has 0 fully saturated rings. The predicted octanol–water partition coefficient (Wildman–Crippen LogP) is 3.29. The minimum atomic E-state index is 0.448. The molecule has 0 saturated carbocycles. The van der Waals surface area contributed by atoms with Crippen molar-refractivity contribution in [1.82, 2.24) is 9.78 Å². The van der Waals surface area contributed by atoms with E-state index in [9.17, 15) is 5.11 Å². The van der Waals surface area contributed by atoms with Crippen LogP contribution in [0.25, 0.3) is 0 Å². The predicted molar refractivity (Wildman–Crippen MR) is 66.8 cm³/mol. The second kappa shape index (κ2) is 6.56. The maximum atomic E-state index is 10.1. The lowest BCUT2D eigenvalue weighted by Gasteiger charge is -2.03. The van der Waals surface area contributed by atoms with E-state index >= 15 is 0 Å². The molecule has 0 amide bonds. The summed E-state index contributed by atoms with van der Waals surface area (Å²) in [6, 6.07) is 0. The molecule has 16 heavy (non-hydrogen) atoms. The highest BCUT2D eigenvalue weighted by atomic mass is 16.3. The molecule has 0 spiro atoms. The molecule has 0 aliphatic carbocycles. The molecule has 1 aromatic rings. The van der Waals surface area contributed by atoms with Crippen molar-refractivity contribution >= 4 is 0 Å². The number of aryl methyl sites for hydroxylation is 2. The average molecular weight is 224 g/mol. The van der Waals surface area contributed by atoms with Gasteiger partial charge in [0.05, 0.1) is 5.69 Å². The van der Waals surface area contributed by atoms with Crippen molar-refractivity contribution in [3.8, 4) is 5.75 Å². The van der Waals surface area contributed by atoms with Crippen molar-refractivity contribution in [3.05, 3.63) is 11.4 Å². The van der Waals surface area contributed by atoms with Crippen LogP contribution in [-0.2, 0) is 19.4 Å². The molecule has 1 heterocycles. The van der Waals surface area contributed by atoms with E-state index in [1.54, 1.807) is 0 Å². The van der Waals surface area contributed by atoms with Gasteiger partial charge in [-0.1, -0.05) is 26.7 Å². The third kappa shape index (κ3) is 3.00. The normalized spacial score (nSPS) is 10.9. The number of unbranched alkanes of at least 4 members (excludes halogenated alkanes) is 2. The first-order valence-corrected chi connectivity index (χ1v) is 6.52. The van der Waals surface area contributed by atoms with Gasteiger partial charge in [-0.25, -0.2) is 0 Å². The zero-order valence-electron chi connectivity index (χ0n) is 10.8. The highest BCUT2D eigenvalue weighted by Crippen LogP contribution is 2.25. The Hall–Kier alpha value is -0.990. The summed E-state index contributed by atoms with van der Waals surface area (Å²) < 4.78 is 1.95. The van der Waals surface area contributed by atoms with Crippen LogP contribution in [0.15, 0.2) is 0 Å². The minimum absolute atomic E-state index is 0.448. The SMILES string of the molecule is CCCCc1nn(CC)c(CCCC)c1O. The van der Waals surface area contributed by atoms with Gasteiger partial charge in [0.15, 0.2) is 5.75 Å². The molecule has 3 nitrogen and oxygen atoms in total. The molecular weight excluding hydrogens is 200 g/mol. The van der Waals surface area contributed by atoms with E-state index < -0.39 is 0 Å². The molecule has 1 aromatic heterocycles. The van der Waals surface area contributed by atoms with E-state index in [0.717, 1.165) is 56.5 Å². The van der Waals surface area contributed by atoms with E-state index in [2.05, 4.69) is 25.9 Å². The summed E-state index contributed by atoms with van der Waals surface area (Å²) in [5, 5.41) is 14.6. The van der Waals surface area contributed by atoms with Crippen molar-refractivity contribution in [3.63, 3.8) is 0 Å². The largest absolute Gasteiger partial charge is 0.504 e. The van der Waals surface area contributed by atoms with Crippen LogP contribution in [0.5, 0.6) is 5.75 Å². The number of aromatic hydroxyl groups is 1. The van der Waals surface area contributed by atoms with Gasteiger partial charge in [-0.15, -0.1) is 0 Å². The summed E-state index contributed by atoms with van der Waals surface area (Å²) in [7, 11) is 0. The summed E-state index contributed by atoms with van der Waals surface area (Å²) in [4.78, 5) is 0. The standard InChI is InChI=1S/C13H24N2O/c1-4-7-9-11-13(16)12(10-8-5-2)15(6-3)14-11/h16H,4-10H2,1-3H3. The van der Waals surface area contributed by atoms with E-state index in [4.69, 9.17) is 0 Å². The third-order valence-corrected chi connectivity index (χ3v) is 2.93. The Morgan fingerprint density at radius 2 is 1.69 bits per heavy atom. The summed E-state index contributed by atoms with van der Waals surface area (Å²) in [6.45, 7) is 7.25. The summed E-state index contributed by atoms with van der Waals surface area (Å²) in [6.07, 6.45) is 6.35. The fourth-order valence-corrected chi connectivity index (χ4v) is 1.91. The van der Waals surface area contributed by atoms with Crippen LogP contribution in [0.4, 0.5) is 0 Å². The molecule has 1 N–H and O–H groups in total. The number of hydrogen-bond acceptors (Lipinski definition) is 2. The van der Waals surface area contributed by atoms with Crippen molar-refractivity contribution < 1.29 is 5.11 Å². The Morgan fingerprint density at radius 1 is 1.06 bits per heavy atom. The fourth-order valence-electron chi connectivity index (χ4n) is 1.91. The van der Waals surface area contributed by atoms with Crippen LogP contribution in [0, 0.1) is 0 Å². The third-order valence-electron chi connectivity index (χ3n) is 2.93. The topological polar surface area (TPSA) is 38.0 Å². The number of aromatic nitrogens is 2. The molecule has 0 aliphatic heterocycles. The van der Waals surface area contributed by atoms with Gasteiger partial charge in [0.2, 0.25) is 0 Å². The van der Waals surface area contributed by atoms with E-state index in [-0.39, 0.29) is 0 Å². The van der Waals surface area contributed by atoms with Crippen molar-refractivity contribution in [2.24, 2.45) is 0 Å². The first-order valence-electron chi connectivity index (χ1n) is 6.52. The van der Waals surface area contributed by atoms with Crippen molar-refractivity contribution in [2.75, 3.05) is 0 Å². The molecule has 0 saturated heterocycles. The first kappa shape index (κ1) is 13.1. The number of nitrogens with zero attached hydrogens (tertiary/aromatic N) is 2. The van der Waals surface area contributed by atoms with E-state index in [0.29, 0.717) is 5.75 Å². The van der Waals surface area contributed by atoms with Gasteiger partial charge in [0, 0.05) is 6.54 Å². The Morgan fingerprint density at radius 3 is 2.25 bits per heavy atom. The molecular formula is C13H24N2O. The van der Waals surface area contributed by atoms with Crippen LogP contribution in [0.1, 0.15) is 57.8 Å². The number of hydrogen-bond donors (Lipinski definition) is 1. The molecule has 92 valence electrons. The van der Waals surface area contributed by atoms with Crippen molar-refractivity contribution in [2.45, 2.75) is 65.8 Å². The minimum Gasteiger partial charge on any atom is -0.504 e. The molecule has 0 atom stereocenters. The second-order valence-corrected chi connectivity index (χ2v) is 4.26. The molecule has 0 unspecified atom stereocenters. The fraction of sp³-hybridized carbons (Fsp3) is 0.769. The molecule has 0 aromatic carbocycles.